The molecule has 148 valence electrons. The van der Waals surface area contributed by atoms with Crippen molar-refractivity contribution in [2.75, 3.05) is 13.1 Å². The van der Waals surface area contributed by atoms with Crippen LogP contribution in [-0.2, 0) is 24.3 Å². The van der Waals surface area contributed by atoms with Gasteiger partial charge in [0.05, 0.1) is 6.04 Å². The van der Waals surface area contributed by atoms with Gasteiger partial charge in [0.2, 0.25) is 5.91 Å². The van der Waals surface area contributed by atoms with Crippen LogP contribution in [0.5, 0.6) is 0 Å². The Morgan fingerprint density at radius 3 is 2.70 bits per heavy atom. The summed E-state index contributed by atoms with van der Waals surface area (Å²) in [5.74, 6) is 0.304. The number of carbonyl (C=O) groups excluding carboxylic acids is 1. The molecule has 2 aromatic rings. The third-order valence-corrected chi connectivity index (χ3v) is 6.07. The van der Waals surface area contributed by atoms with Crippen LogP contribution in [0, 0.1) is 0 Å². The summed E-state index contributed by atoms with van der Waals surface area (Å²) in [5, 5.41) is 4.90. The van der Waals surface area contributed by atoms with Crippen molar-refractivity contribution in [1.29, 1.82) is 0 Å². The van der Waals surface area contributed by atoms with E-state index in [-0.39, 0.29) is 18.4 Å². The van der Waals surface area contributed by atoms with E-state index in [1.807, 2.05) is 0 Å². The van der Waals surface area contributed by atoms with E-state index in [1.165, 1.54) is 47.8 Å². The van der Waals surface area contributed by atoms with Crippen LogP contribution in [-0.4, -0.2) is 34.5 Å². The van der Waals surface area contributed by atoms with E-state index in [0.717, 1.165) is 45.4 Å². The third-order valence-electron chi connectivity index (χ3n) is 6.07. The molecule has 1 aromatic carbocycles. The highest BCUT2D eigenvalue weighted by atomic mass is 35.5. The van der Waals surface area contributed by atoms with Gasteiger partial charge in [0.1, 0.15) is 0 Å². The minimum Gasteiger partial charge on any atom is -0.343 e. The van der Waals surface area contributed by atoms with Gasteiger partial charge in [-0.15, -0.1) is 12.4 Å². The molecule has 1 atom stereocenters. The zero-order chi connectivity index (χ0) is 17.9. The van der Waals surface area contributed by atoms with E-state index in [9.17, 15) is 4.79 Å². The minimum atomic E-state index is -0.0597. The molecule has 0 radical (unpaired) electrons. The SMILES string of the molecule is CCCCCn1c2c(c3ccccc31)C[C@@H](C(=O)N1CCCCC1)NC2.Cl. The molecule has 2 aliphatic rings. The number of amides is 1. The zero-order valence-corrected chi connectivity index (χ0v) is 17.2. The molecule has 1 amide bonds. The average molecular weight is 390 g/mol. The Morgan fingerprint density at radius 1 is 1.15 bits per heavy atom. The van der Waals surface area contributed by atoms with Crippen molar-refractivity contribution in [3.05, 3.63) is 35.5 Å². The van der Waals surface area contributed by atoms with Gasteiger partial charge in [0.25, 0.3) is 0 Å². The Morgan fingerprint density at radius 2 is 1.93 bits per heavy atom. The van der Waals surface area contributed by atoms with Crippen LogP contribution in [0.4, 0.5) is 0 Å². The predicted octanol–water partition coefficient (Wildman–Crippen LogP) is 4.28. The molecule has 5 heteroatoms. The molecule has 0 spiro atoms. The smallest absolute Gasteiger partial charge is 0.240 e. The zero-order valence-electron chi connectivity index (χ0n) is 16.4. The molecular weight excluding hydrogens is 358 g/mol. The molecule has 1 saturated heterocycles. The number of carbonyl (C=O) groups is 1. The van der Waals surface area contributed by atoms with E-state index in [1.54, 1.807) is 0 Å². The molecule has 1 fully saturated rings. The Kier molecular flexibility index (Phi) is 6.83. The topological polar surface area (TPSA) is 37.3 Å². The lowest BCUT2D eigenvalue weighted by Gasteiger charge is -2.33. The Bertz CT molecular complexity index is 779. The number of unbranched alkanes of at least 4 members (excludes halogenated alkanes) is 2. The molecule has 4 rings (SSSR count). The summed E-state index contributed by atoms with van der Waals surface area (Å²) >= 11 is 0. The van der Waals surface area contributed by atoms with Crippen molar-refractivity contribution in [2.45, 2.75) is 71.0 Å². The number of halogens is 1. The van der Waals surface area contributed by atoms with Gasteiger partial charge in [-0.3, -0.25) is 10.1 Å². The molecule has 0 aliphatic carbocycles. The summed E-state index contributed by atoms with van der Waals surface area (Å²) in [6.07, 6.45) is 8.12. The summed E-state index contributed by atoms with van der Waals surface area (Å²) < 4.78 is 2.49. The maximum Gasteiger partial charge on any atom is 0.240 e. The lowest BCUT2D eigenvalue weighted by Crippen LogP contribution is -2.50. The van der Waals surface area contributed by atoms with Crippen LogP contribution in [0.3, 0.4) is 0 Å². The van der Waals surface area contributed by atoms with Crippen molar-refractivity contribution < 1.29 is 4.79 Å². The number of aromatic nitrogens is 1. The van der Waals surface area contributed by atoms with Crippen molar-refractivity contribution in [1.82, 2.24) is 14.8 Å². The second-order valence-corrected chi connectivity index (χ2v) is 7.82. The number of piperidine rings is 1. The first-order valence-electron chi connectivity index (χ1n) is 10.4. The fraction of sp³-hybridized carbons (Fsp3) is 0.591. The molecular formula is C22H32ClN3O. The Labute approximate surface area is 168 Å². The Hall–Kier alpha value is -1.52. The fourth-order valence-electron chi connectivity index (χ4n) is 4.64. The number of para-hydroxylation sites is 1. The summed E-state index contributed by atoms with van der Waals surface area (Å²) in [7, 11) is 0. The first-order chi connectivity index (χ1) is 12.8. The van der Waals surface area contributed by atoms with Crippen molar-refractivity contribution in [2.24, 2.45) is 0 Å². The number of benzene rings is 1. The summed E-state index contributed by atoms with van der Waals surface area (Å²) in [6.45, 7) is 6.00. The number of aryl methyl sites for hydroxylation is 1. The molecule has 0 unspecified atom stereocenters. The van der Waals surface area contributed by atoms with Crippen molar-refractivity contribution >= 4 is 29.2 Å². The van der Waals surface area contributed by atoms with Crippen LogP contribution < -0.4 is 5.32 Å². The number of hydrogen-bond donors (Lipinski definition) is 1. The van der Waals surface area contributed by atoms with Crippen molar-refractivity contribution in [3.63, 3.8) is 0 Å². The molecule has 1 N–H and O–H groups in total. The van der Waals surface area contributed by atoms with Gasteiger partial charge in [-0.05, 0) is 43.7 Å². The van der Waals surface area contributed by atoms with E-state index < -0.39 is 0 Å². The fourth-order valence-corrected chi connectivity index (χ4v) is 4.64. The maximum atomic E-state index is 13.0. The molecule has 0 bridgehead atoms. The molecule has 3 heterocycles. The van der Waals surface area contributed by atoms with Gasteiger partial charge >= 0.3 is 0 Å². The van der Waals surface area contributed by atoms with Crippen LogP contribution >= 0.6 is 12.4 Å². The van der Waals surface area contributed by atoms with E-state index in [0.29, 0.717) is 5.91 Å². The highest BCUT2D eigenvalue weighted by Gasteiger charge is 2.31. The normalized spacial score (nSPS) is 19.6. The highest BCUT2D eigenvalue weighted by molar-refractivity contribution is 5.88. The monoisotopic (exact) mass is 389 g/mol. The third kappa shape index (κ3) is 4.02. The largest absolute Gasteiger partial charge is 0.343 e. The van der Waals surface area contributed by atoms with Crippen molar-refractivity contribution in [3.8, 4) is 0 Å². The highest BCUT2D eigenvalue weighted by Crippen LogP contribution is 2.31. The lowest BCUT2D eigenvalue weighted by molar-refractivity contribution is -0.134. The van der Waals surface area contributed by atoms with E-state index in [2.05, 4.69) is 46.0 Å². The Balaban J connectivity index is 0.00000210. The second kappa shape index (κ2) is 9.11. The van der Waals surface area contributed by atoms with E-state index in [4.69, 9.17) is 0 Å². The molecule has 27 heavy (non-hydrogen) atoms. The summed E-state index contributed by atoms with van der Waals surface area (Å²) in [5.41, 5.74) is 4.12. The van der Waals surface area contributed by atoms with Crippen LogP contribution in [0.15, 0.2) is 24.3 Å². The molecule has 0 saturated carbocycles. The minimum absolute atomic E-state index is 0. The number of hydrogen-bond acceptors (Lipinski definition) is 2. The molecule has 1 aromatic heterocycles. The quantitative estimate of drug-likeness (QED) is 0.775. The van der Waals surface area contributed by atoms with Gasteiger partial charge in [-0.25, -0.2) is 0 Å². The summed E-state index contributed by atoms with van der Waals surface area (Å²) in [4.78, 5) is 15.0. The number of likely N-dealkylation sites (tertiary alicyclic amines) is 1. The predicted molar refractivity (Wildman–Crippen MR) is 113 cm³/mol. The second-order valence-electron chi connectivity index (χ2n) is 7.82. The van der Waals surface area contributed by atoms with Gasteiger partial charge in [-0.2, -0.15) is 0 Å². The first-order valence-corrected chi connectivity index (χ1v) is 10.4. The van der Waals surface area contributed by atoms with Gasteiger partial charge < -0.3 is 9.47 Å². The van der Waals surface area contributed by atoms with Crippen LogP contribution in [0.2, 0.25) is 0 Å². The standard InChI is InChI=1S/C22H31N3O.ClH/c1-2-3-7-14-25-20-11-6-5-10-17(20)18-15-19(23-16-21(18)25)22(26)24-12-8-4-9-13-24;/h5-6,10-11,19,23H,2-4,7-9,12-16H2,1H3;1H/t19-;/m0./s1. The molecule has 4 nitrogen and oxygen atoms in total. The number of nitrogens with one attached hydrogen (secondary N) is 1. The van der Waals surface area contributed by atoms with Gasteiger partial charge in [0.15, 0.2) is 0 Å². The first kappa shape index (κ1) is 20.2. The number of nitrogens with zero attached hydrogens (tertiary/aromatic N) is 2. The van der Waals surface area contributed by atoms with Crippen LogP contribution in [0.25, 0.3) is 10.9 Å². The summed E-state index contributed by atoms with van der Waals surface area (Å²) in [6, 6.07) is 8.67. The van der Waals surface area contributed by atoms with Crippen LogP contribution in [0.1, 0.15) is 56.7 Å². The van der Waals surface area contributed by atoms with Gasteiger partial charge in [-0.1, -0.05) is 38.0 Å². The lowest BCUT2D eigenvalue weighted by atomic mass is 9.97. The maximum absolute atomic E-state index is 13.0. The molecule has 2 aliphatic heterocycles. The van der Waals surface area contributed by atoms with Gasteiger partial charge in [0, 0.05) is 42.8 Å². The van der Waals surface area contributed by atoms with E-state index >= 15 is 0 Å². The number of rotatable bonds is 5. The average Bonchev–Trinajstić information content (AvgIpc) is 3.02. The number of fused-ring (bicyclic) bond motifs is 3.